The van der Waals surface area contributed by atoms with E-state index >= 15 is 0 Å². The fourth-order valence-electron chi connectivity index (χ4n) is 1.04. The molecule has 0 spiro atoms. The van der Waals surface area contributed by atoms with Gasteiger partial charge in [0.15, 0.2) is 0 Å². The number of rotatable bonds is 5. The van der Waals surface area contributed by atoms with E-state index in [9.17, 15) is 4.79 Å². The molecule has 0 aromatic heterocycles. The van der Waals surface area contributed by atoms with Crippen molar-refractivity contribution in [1.82, 2.24) is 0 Å². The van der Waals surface area contributed by atoms with Gasteiger partial charge in [-0.15, -0.1) is 0 Å². The van der Waals surface area contributed by atoms with Gasteiger partial charge >= 0.3 is 5.97 Å². The summed E-state index contributed by atoms with van der Waals surface area (Å²) in [6.45, 7) is -0.0768. The summed E-state index contributed by atoms with van der Waals surface area (Å²) in [7, 11) is 1.52. The highest BCUT2D eigenvalue weighted by Crippen LogP contribution is 2.19. The molecule has 1 aromatic carbocycles. The van der Waals surface area contributed by atoms with Crippen molar-refractivity contribution >= 4 is 5.97 Å². The molecule has 0 aliphatic rings. The molecule has 1 atom stereocenters. The summed E-state index contributed by atoms with van der Waals surface area (Å²) in [5.41, 5.74) is 5.26. The van der Waals surface area contributed by atoms with E-state index < -0.39 is 12.1 Å². The second kappa shape index (κ2) is 5.21. The lowest BCUT2D eigenvalue weighted by atomic mass is 10.3. The monoisotopic (exact) mass is 211 g/mol. The summed E-state index contributed by atoms with van der Waals surface area (Å²) in [5, 5.41) is 8.72. The average Bonchev–Trinajstić information content (AvgIpc) is 2.25. The van der Waals surface area contributed by atoms with Crippen molar-refractivity contribution in [3.8, 4) is 11.5 Å². The molecule has 0 bridgehead atoms. The van der Waals surface area contributed by atoms with E-state index in [2.05, 4.69) is 0 Å². The molecular formula is C10H13NO4. The van der Waals surface area contributed by atoms with Crippen LogP contribution in [0.3, 0.4) is 0 Å². The van der Waals surface area contributed by atoms with Crippen LogP contribution in [0.2, 0.25) is 0 Å². The summed E-state index contributed by atoms with van der Waals surface area (Å²) in [4.78, 5) is 10.7. The van der Waals surface area contributed by atoms with Crippen LogP contribution in [0.4, 0.5) is 0 Å². The fourth-order valence-corrected chi connectivity index (χ4v) is 1.04. The number of carboxylic acid groups (broad SMARTS) is 1. The minimum absolute atomic E-state index is 0.0768. The predicted molar refractivity (Wildman–Crippen MR) is 54.1 cm³/mol. The molecule has 1 aromatic rings. The zero-order valence-corrected chi connectivity index (χ0v) is 8.34. The highest BCUT2D eigenvalue weighted by Gasteiger charge is 2.17. The van der Waals surface area contributed by atoms with Crippen molar-refractivity contribution < 1.29 is 19.4 Å². The first-order chi connectivity index (χ1) is 7.17. The molecule has 0 heterocycles. The summed E-state index contributed by atoms with van der Waals surface area (Å²) >= 11 is 0. The van der Waals surface area contributed by atoms with Crippen LogP contribution < -0.4 is 15.2 Å². The van der Waals surface area contributed by atoms with Gasteiger partial charge in [-0.1, -0.05) is 6.07 Å². The van der Waals surface area contributed by atoms with Crippen molar-refractivity contribution in [3.63, 3.8) is 0 Å². The summed E-state index contributed by atoms with van der Waals surface area (Å²) in [5.74, 6) is -0.0545. The molecule has 0 aliphatic heterocycles. The molecule has 3 N–H and O–H groups in total. The van der Waals surface area contributed by atoms with Crippen LogP contribution in [0.15, 0.2) is 24.3 Å². The van der Waals surface area contributed by atoms with Crippen LogP contribution in [0.1, 0.15) is 0 Å². The Morgan fingerprint density at radius 2 is 2.20 bits per heavy atom. The Morgan fingerprint density at radius 3 is 2.73 bits per heavy atom. The molecule has 0 saturated heterocycles. The maximum atomic E-state index is 10.7. The van der Waals surface area contributed by atoms with Crippen molar-refractivity contribution in [2.75, 3.05) is 13.7 Å². The standard InChI is InChI=1S/C10H13NO4/c1-14-7-3-2-4-8(5-7)15-9(6-11)10(12)13/h2-5,9H,6,11H2,1H3,(H,12,13). The van der Waals surface area contributed by atoms with Gasteiger partial charge in [0.2, 0.25) is 6.10 Å². The van der Waals surface area contributed by atoms with Gasteiger partial charge in [-0.3, -0.25) is 0 Å². The van der Waals surface area contributed by atoms with Gasteiger partial charge in [-0.25, -0.2) is 4.79 Å². The lowest BCUT2D eigenvalue weighted by Gasteiger charge is -2.13. The minimum atomic E-state index is -1.08. The number of benzene rings is 1. The number of nitrogens with two attached hydrogens (primary N) is 1. The summed E-state index contributed by atoms with van der Waals surface area (Å²) in [6.07, 6.45) is -1.03. The van der Waals surface area contributed by atoms with Crippen LogP contribution in [0.5, 0.6) is 11.5 Å². The van der Waals surface area contributed by atoms with Crippen molar-refractivity contribution in [1.29, 1.82) is 0 Å². The highest BCUT2D eigenvalue weighted by molar-refractivity contribution is 5.73. The third kappa shape index (κ3) is 3.14. The van der Waals surface area contributed by atoms with E-state index in [1.54, 1.807) is 24.3 Å². The first-order valence-corrected chi connectivity index (χ1v) is 4.41. The Labute approximate surface area is 87.4 Å². The summed E-state index contributed by atoms with van der Waals surface area (Å²) < 4.78 is 10.1. The van der Waals surface area contributed by atoms with Crippen LogP contribution in [0.25, 0.3) is 0 Å². The number of aliphatic carboxylic acids is 1. The van der Waals surface area contributed by atoms with E-state index in [1.807, 2.05) is 0 Å². The van der Waals surface area contributed by atoms with E-state index in [1.165, 1.54) is 7.11 Å². The zero-order valence-electron chi connectivity index (χ0n) is 8.34. The molecule has 0 saturated carbocycles. The van der Waals surface area contributed by atoms with Crippen molar-refractivity contribution in [2.24, 2.45) is 5.73 Å². The Morgan fingerprint density at radius 1 is 1.53 bits per heavy atom. The Balaban J connectivity index is 2.74. The number of carboxylic acids is 1. The smallest absolute Gasteiger partial charge is 0.346 e. The second-order valence-corrected chi connectivity index (χ2v) is 2.86. The maximum Gasteiger partial charge on any atom is 0.346 e. The molecule has 15 heavy (non-hydrogen) atoms. The van der Waals surface area contributed by atoms with Gasteiger partial charge in [0.25, 0.3) is 0 Å². The molecular weight excluding hydrogens is 198 g/mol. The van der Waals surface area contributed by atoms with Crippen LogP contribution in [-0.2, 0) is 4.79 Å². The third-order valence-corrected chi connectivity index (χ3v) is 1.81. The Kier molecular flexibility index (Phi) is 3.93. The van der Waals surface area contributed by atoms with Gasteiger partial charge in [-0.2, -0.15) is 0 Å². The number of hydrogen-bond donors (Lipinski definition) is 2. The molecule has 5 heteroatoms. The van der Waals surface area contributed by atoms with Crippen LogP contribution in [0, 0.1) is 0 Å². The fraction of sp³-hybridized carbons (Fsp3) is 0.300. The number of hydrogen-bond acceptors (Lipinski definition) is 4. The van der Waals surface area contributed by atoms with Crippen molar-refractivity contribution in [3.05, 3.63) is 24.3 Å². The average molecular weight is 211 g/mol. The van der Waals surface area contributed by atoms with Gasteiger partial charge < -0.3 is 20.3 Å². The highest BCUT2D eigenvalue weighted by atomic mass is 16.5. The van der Waals surface area contributed by atoms with E-state index in [0.717, 1.165) is 0 Å². The minimum Gasteiger partial charge on any atom is -0.497 e. The predicted octanol–water partition coefficient (Wildman–Crippen LogP) is 0.486. The molecule has 5 nitrogen and oxygen atoms in total. The molecule has 0 amide bonds. The van der Waals surface area contributed by atoms with E-state index in [4.69, 9.17) is 20.3 Å². The third-order valence-electron chi connectivity index (χ3n) is 1.81. The SMILES string of the molecule is COc1cccc(OC(CN)C(=O)O)c1. The number of carbonyl (C=O) groups is 1. The Hall–Kier alpha value is -1.75. The first-order valence-electron chi connectivity index (χ1n) is 4.41. The van der Waals surface area contributed by atoms with Gasteiger partial charge in [0.1, 0.15) is 11.5 Å². The van der Waals surface area contributed by atoms with Gasteiger partial charge in [0.05, 0.1) is 7.11 Å². The van der Waals surface area contributed by atoms with Crippen molar-refractivity contribution in [2.45, 2.75) is 6.10 Å². The molecule has 0 aliphatic carbocycles. The number of methoxy groups -OCH3 is 1. The zero-order chi connectivity index (χ0) is 11.3. The topological polar surface area (TPSA) is 81.8 Å². The van der Waals surface area contributed by atoms with Crippen LogP contribution in [-0.4, -0.2) is 30.8 Å². The maximum absolute atomic E-state index is 10.7. The normalized spacial score (nSPS) is 11.9. The van der Waals surface area contributed by atoms with E-state index in [0.29, 0.717) is 11.5 Å². The quantitative estimate of drug-likeness (QED) is 0.740. The molecule has 1 unspecified atom stereocenters. The lowest BCUT2D eigenvalue weighted by Crippen LogP contribution is -2.34. The number of ether oxygens (including phenoxy) is 2. The molecule has 82 valence electrons. The second-order valence-electron chi connectivity index (χ2n) is 2.86. The Bertz CT molecular complexity index is 340. The van der Waals surface area contributed by atoms with E-state index in [-0.39, 0.29) is 6.54 Å². The van der Waals surface area contributed by atoms with Crippen LogP contribution >= 0.6 is 0 Å². The molecule has 1 rings (SSSR count). The largest absolute Gasteiger partial charge is 0.497 e. The molecule has 0 radical (unpaired) electrons. The lowest BCUT2D eigenvalue weighted by molar-refractivity contribution is -0.144. The summed E-state index contributed by atoms with van der Waals surface area (Å²) in [6, 6.07) is 6.70. The van der Waals surface area contributed by atoms with Gasteiger partial charge in [-0.05, 0) is 12.1 Å². The first kappa shape index (κ1) is 11.3. The van der Waals surface area contributed by atoms with Gasteiger partial charge in [0, 0.05) is 12.6 Å². The molecule has 0 fully saturated rings.